The molecule has 6 nitrogen and oxygen atoms in total. The second kappa shape index (κ2) is 5.12. The fraction of sp³-hybridized carbons (Fsp3) is 0.500. The molecule has 0 unspecified atom stereocenters. The Labute approximate surface area is 105 Å². The lowest BCUT2D eigenvalue weighted by molar-refractivity contribution is 0.544. The lowest BCUT2D eigenvalue weighted by Gasteiger charge is -2.03. The molecule has 2 aromatic rings. The van der Waals surface area contributed by atoms with E-state index in [2.05, 4.69) is 39.0 Å². The van der Waals surface area contributed by atoms with Crippen molar-refractivity contribution in [3.63, 3.8) is 0 Å². The van der Waals surface area contributed by atoms with Crippen LogP contribution in [0, 0.1) is 12.8 Å². The van der Waals surface area contributed by atoms with E-state index in [4.69, 9.17) is 0 Å². The second-order valence-electron chi connectivity index (χ2n) is 4.53. The molecule has 0 saturated heterocycles. The number of nitrogens with zero attached hydrogens (tertiary/aromatic N) is 3. The van der Waals surface area contributed by atoms with Gasteiger partial charge in [-0.2, -0.15) is 5.10 Å². The van der Waals surface area contributed by atoms with Crippen LogP contribution in [0.15, 0.2) is 11.0 Å². The summed E-state index contributed by atoms with van der Waals surface area (Å²) in [7, 11) is 0. The Morgan fingerprint density at radius 1 is 1.44 bits per heavy atom. The molecule has 0 aromatic carbocycles. The average Bonchev–Trinajstić information content (AvgIpc) is 2.77. The Morgan fingerprint density at radius 2 is 2.22 bits per heavy atom. The highest BCUT2D eigenvalue weighted by molar-refractivity contribution is 5.51. The van der Waals surface area contributed by atoms with E-state index in [0.29, 0.717) is 23.1 Å². The molecule has 2 aromatic heterocycles. The van der Waals surface area contributed by atoms with Gasteiger partial charge in [0.05, 0.1) is 0 Å². The van der Waals surface area contributed by atoms with Crippen molar-refractivity contribution in [1.82, 2.24) is 25.1 Å². The Balaban J connectivity index is 2.27. The average molecular weight is 247 g/mol. The summed E-state index contributed by atoms with van der Waals surface area (Å²) in [4.78, 5) is 22.8. The molecule has 0 radical (unpaired) electrons. The van der Waals surface area contributed by atoms with Crippen LogP contribution in [0.3, 0.4) is 0 Å². The van der Waals surface area contributed by atoms with Crippen LogP contribution in [0.4, 0.5) is 0 Å². The second-order valence-corrected chi connectivity index (χ2v) is 4.53. The normalized spacial score (nSPS) is 12.6. The quantitative estimate of drug-likeness (QED) is 0.856. The van der Waals surface area contributed by atoms with E-state index in [1.165, 1.54) is 6.20 Å². The number of aromatic nitrogens is 5. The fourth-order valence-electron chi connectivity index (χ4n) is 1.62. The molecule has 2 rings (SSSR count). The Morgan fingerprint density at radius 3 is 2.89 bits per heavy atom. The molecule has 0 fully saturated rings. The van der Waals surface area contributed by atoms with Crippen molar-refractivity contribution in [2.24, 2.45) is 5.92 Å². The number of aromatic amines is 2. The van der Waals surface area contributed by atoms with Crippen molar-refractivity contribution in [1.29, 1.82) is 0 Å². The predicted octanol–water partition coefficient (Wildman–Crippen LogP) is 1.45. The van der Waals surface area contributed by atoms with Crippen LogP contribution in [0.2, 0.25) is 0 Å². The highest BCUT2D eigenvalue weighted by atomic mass is 16.1. The summed E-state index contributed by atoms with van der Waals surface area (Å²) in [5.41, 5.74) is 0.184. The van der Waals surface area contributed by atoms with Crippen molar-refractivity contribution in [2.75, 3.05) is 0 Å². The Hall–Kier alpha value is -1.98. The van der Waals surface area contributed by atoms with Crippen LogP contribution in [-0.4, -0.2) is 25.1 Å². The van der Waals surface area contributed by atoms with Crippen LogP contribution >= 0.6 is 0 Å². The zero-order valence-corrected chi connectivity index (χ0v) is 10.8. The van der Waals surface area contributed by atoms with Crippen molar-refractivity contribution in [3.8, 4) is 11.4 Å². The molecule has 0 aliphatic carbocycles. The maximum Gasteiger partial charge on any atom is 0.262 e. The first-order valence-electron chi connectivity index (χ1n) is 6.07. The van der Waals surface area contributed by atoms with Crippen molar-refractivity contribution in [3.05, 3.63) is 28.2 Å². The third kappa shape index (κ3) is 2.64. The van der Waals surface area contributed by atoms with Crippen LogP contribution in [-0.2, 0) is 6.42 Å². The fourth-order valence-corrected chi connectivity index (χ4v) is 1.62. The monoisotopic (exact) mass is 247 g/mol. The van der Waals surface area contributed by atoms with Gasteiger partial charge in [0.2, 0.25) is 0 Å². The summed E-state index contributed by atoms with van der Waals surface area (Å²) in [6, 6.07) is 0. The summed E-state index contributed by atoms with van der Waals surface area (Å²) in [6.45, 7) is 6.02. The molecular formula is C12H17N5O. The molecular weight excluding hydrogens is 230 g/mol. The minimum absolute atomic E-state index is 0.211. The molecule has 0 saturated carbocycles. The predicted molar refractivity (Wildman–Crippen MR) is 68.1 cm³/mol. The number of nitrogens with one attached hydrogen (secondary N) is 2. The molecule has 0 aliphatic rings. The number of hydrogen-bond donors (Lipinski definition) is 2. The highest BCUT2D eigenvalue weighted by Gasteiger charge is 2.11. The summed E-state index contributed by atoms with van der Waals surface area (Å²) in [5.74, 6) is 2.33. The summed E-state index contributed by atoms with van der Waals surface area (Å²) in [5, 5.41) is 6.94. The van der Waals surface area contributed by atoms with Crippen molar-refractivity contribution < 1.29 is 0 Å². The lowest BCUT2D eigenvalue weighted by Crippen LogP contribution is -2.12. The summed E-state index contributed by atoms with van der Waals surface area (Å²) >= 11 is 0. The van der Waals surface area contributed by atoms with E-state index in [0.717, 1.165) is 18.7 Å². The first-order chi connectivity index (χ1) is 8.60. The largest absolute Gasteiger partial charge is 0.310 e. The maximum absolute atomic E-state index is 11.7. The van der Waals surface area contributed by atoms with E-state index < -0.39 is 0 Å². The Bertz CT molecular complexity index is 586. The van der Waals surface area contributed by atoms with E-state index in [-0.39, 0.29) is 5.56 Å². The van der Waals surface area contributed by atoms with Gasteiger partial charge in [0.15, 0.2) is 5.82 Å². The van der Waals surface area contributed by atoms with Gasteiger partial charge in [-0.3, -0.25) is 9.89 Å². The Kier molecular flexibility index (Phi) is 3.55. The molecule has 96 valence electrons. The van der Waals surface area contributed by atoms with Crippen molar-refractivity contribution >= 4 is 0 Å². The van der Waals surface area contributed by atoms with Crippen LogP contribution in [0.5, 0.6) is 0 Å². The van der Waals surface area contributed by atoms with Gasteiger partial charge in [-0.1, -0.05) is 20.3 Å². The first-order valence-corrected chi connectivity index (χ1v) is 6.07. The molecule has 2 heterocycles. The standard InChI is InChI=1S/C12H17N5O/c1-4-7(2)5-10-15-11(17-16-10)9-6-13-8(3)14-12(9)18/h6-7H,4-5H2,1-3H3,(H,13,14,18)(H,15,16,17)/t7-/m0/s1. The van der Waals surface area contributed by atoms with Gasteiger partial charge < -0.3 is 4.98 Å². The van der Waals surface area contributed by atoms with E-state index in [9.17, 15) is 4.79 Å². The molecule has 18 heavy (non-hydrogen) atoms. The van der Waals surface area contributed by atoms with E-state index in [1.54, 1.807) is 6.92 Å². The van der Waals surface area contributed by atoms with Gasteiger partial charge in [0.1, 0.15) is 17.2 Å². The smallest absolute Gasteiger partial charge is 0.262 e. The van der Waals surface area contributed by atoms with Crippen LogP contribution in [0.1, 0.15) is 31.9 Å². The molecule has 0 bridgehead atoms. The number of rotatable bonds is 4. The lowest BCUT2D eigenvalue weighted by atomic mass is 10.1. The number of aryl methyl sites for hydroxylation is 1. The van der Waals surface area contributed by atoms with Gasteiger partial charge in [0, 0.05) is 12.6 Å². The molecule has 0 aliphatic heterocycles. The molecule has 1 atom stereocenters. The topological polar surface area (TPSA) is 87.3 Å². The van der Waals surface area contributed by atoms with Crippen molar-refractivity contribution in [2.45, 2.75) is 33.6 Å². The van der Waals surface area contributed by atoms with Crippen LogP contribution < -0.4 is 5.56 Å². The van der Waals surface area contributed by atoms with Crippen LogP contribution in [0.25, 0.3) is 11.4 Å². The van der Waals surface area contributed by atoms with Gasteiger partial charge in [0.25, 0.3) is 5.56 Å². The molecule has 0 spiro atoms. The third-order valence-electron chi connectivity index (χ3n) is 2.94. The number of H-pyrrole nitrogens is 2. The zero-order chi connectivity index (χ0) is 13.1. The van der Waals surface area contributed by atoms with E-state index >= 15 is 0 Å². The minimum Gasteiger partial charge on any atom is -0.310 e. The van der Waals surface area contributed by atoms with E-state index in [1.807, 2.05) is 0 Å². The summed E-state index contributed by atoms with van der Waals surface area (Å²) in [6.07, 6.45) is 3.42. The van der Waals surface area contributed by atoms with Gasteiger partial charge in [-0.05, 0) is 12.8 Å². The molecule has 0 amide bonds. The minimum atomic E-state index is -0.211. The van der Waals surface area contributed by atoms with Gasteiger partial charge in [-0.15, -0.1) is 0 Å². The third-order valence-corrected chi connectivity index (χ3v) is 2.94. The number of hydrogen-bond acceptors (Lipinski definition) is 4. The van der Waals surface area contributed by atoms with Gasteiger partial charge >= 0.3 is 0 Å². The molecule has 6 heteroatoms. The highest BCUT2D eigenvalue weighted by Crippen LogP contribution is 2.11. The SMILES string of the molecule is CC[C@H](C)Cc1nc(-c2cnc(C)[nH]c2=O)n[nH]1. The first kappa shape index (κ1) is 12.5. The maximum atomic E-state index is 11.7. The summed E-state index contributed by atoms with van der Waals surface area (Å²) < 4.78 is 0. The molecule has 2 N–H and O–H groups in total. The van der Waals surface area contributed by atoms with Gasteiger partial charge in [-0.25, -0.2) is 9.97 Å². The zero-order valence-electron chi connectivity index (χ0n) is 10.8.